The van der Waals surface area contributed by atoms with Gasteiger partial charge in [0.15, 0.2) is 0 Å². The van der Waals surface area contributed by atoms with E-state index in [0.717, 1.165) is 28.8 Å². The van der Waals surface area contributed by atoms with Crippen LogP contribution < -0.4 is 11.1 Å². The van der Waals surface area contributed by atoms with Gasteiger partial charge in [0, 0.05) is 17.3 Å². The summed E-state index contributed by atoms with van der Waals surface area (Å²) >= 11 is 7.17. The molecule has 4 rings (SSSR count). The molecule has 134 valence electrons. The van der Waals surface area contributed by atoms with Crippen molar-refractivity contribution in [2.75, 3.05) is 11.1 Å². The van der Waals surface area contributed by atoms with Crippen molar-refractivity contribution in [3.05, 3.63) is 45.6 Å². The maximum atomic E-state index is 12.6. The molecule has 0 saturated carbocycles. The fourth-order valence-electron chi connectivity index (χ4n) is 3.30. The van der Waals surface area contributed by atoms with E-state index in [9.17, 15) is 4.79 Å². The Balaban J connectivity index is 1.68. The third-order valence-electron chi connectivity index (χ3n) is 4.67. The van der Waals surface area contributed by atoms with Gasteiger partial charge in [0.25, 0.3) is 5.91 Å². The number of nitrogens with zero attached hydrogens (tertiary/aromatic N) is 2. The number of thiophene rings is 1. The SMILES string of the molecule is Nc1c(C(=O)Nc2ccc(Cl)cn2)sc2nc3c(cc12)CCCCCC3. The zero-order valence-electron chi connectivity index (χ0n) is 14.2. The lowest BCUT2D eigenvalue weighted by molar-refractivity contribution is 0.103. The Morgan fingerprint density at radius 3 is 2.77 bits per heavy atom. The number of rotatable bonds is 2. The van der Waals surface area contributed by atoms with Crippen molar-refractivity contribution in [2.45, 2.75) is 38.5 Å². The third kappa shape index (κ3) is 3.39. The molecule has 0 bridgehead atoms. The van der Waals surface area contributed by atoms with Crippen molar-refractivity contribution in [1.29, 1.82) is 0 Å². The van der Waals surface area contributed by atoms with E-state index in [0.29, 0.717) is 21.4 Å². The molecule has 3 heterocycles. The quantitative estimate of drug-likeness (QED) is 0.660. The number of aromatic nitrogens is 2. The zero-order valence-corrected chi connectivity index (χ0v) is 15.8. The van der Waals surface area contributed by atoms with Crippen LogP contribution >= 0.6 is 22.9 Å². The molecule has 1 aliphatic carbocycles. The number of nitrogen functional groups attached to an aromatic ring is 1. The van der Waals surface area contributed by atoms with Gasteiger partial charge in [-0.05, 0) is 49.4 Å². The molecule has 1 aliphatic rings. The first-order valence-corrected chi connectivity index (χ1v) is 9.95. The van der Waals surface area contributed by atoms with E-state index >= 15 is 0 Å². The highest BCUT2D eigenvalue weighted by Crippen LogP contribution is 2.35. The summed E-state index contributed by atoms with van der Waals surface area (Å²) in [7, 11) is 0. The summed E-state index contributed by atoms with van der Waals surface area (Å²) in [6, 6.07) is 5.47. The highest BCUT2D eigenvalue weighted by molar-refractivity contribution is 7.21. The highest BCUT2D eigenvalue weighted by atomic mass is 35.5. The number of aryl methyl sites for hydroxylation is 2. The lowest BCUT2D eigenvalue weighted by Gasteiger charge is -2.12. The number of fused-ring (bicyclic) bond motifs is 2. The summed E-state index contributed by atoms with van der Waals surface area (Å²) in [5.74, 6) is 0.171. The van der Waals surface area contributed by atoms with Gasteiger partial charge in [-0.1, -0.05) is 24.4 Å². The van der Waals surface area contributed by atoms with Gasteiger partial charge in [-0.15, -0.1) is 11.3 Å². The number of anilines is 2. The second-order valence-electron chi connectivity index (χ2n) is 6.52. The molecule has 3 aromatic heterocycles. The van der Waals surface area contributed by atoms with Gasteiger partial charge >= 0.3 is 0 Å². The lowest BCUT2D eigenvalue weighted by Crippen LogP contribution is -2.12. The average molecular weight is 387 g/mol. The van der Waals surface area contributed by atoms with Gasteiger partial charge in [0.2, 0.25) is 0 Å². The molecule has 3 N–H and O–H groups in total. The molecule has 1 amide bonds. The molecule has 0 fully saturated rings. The average Bonchev–Trinajstić information content (AvgIpc) is 2.93. The van der Waals surface area contributed by atoms with E-state index in [1.165, 1.54) is 48.8 Å². The molecule has 0 atom stereocenters. The van der Waals surface area contributed by atoms with E-state index in [4.69, 9.17) is 22.3 Å². The van der Waals surface area contributed by atoms with Crippen molar-refractivity contribution >= 4 is 50.6 Å². The smallest absolute Gasteiger partial charge is 0.269 e. The van der Waals surface area contributed by atoms with Crippen LogP contribution in [0, 0.1) is 0 Å². The normalized spacial score (nSPS) is 14.5. The largest absolute Gasteiger partial charge is 0.397 e. The van der Waals surface area contributed by atoms with Crippen LogP contribution in [0.1, 0.15) is 46.6 Å². The topological polar surface area (TPSA) is 80.9 Å². The molecule has 0 saturated heterocycles. The Bertz CT molecular complexity index is 968. The van der Waals surface area contributed by atoms with Gasteiger partial charge in [-0.3, -0.25) is 4.79 Å². The van der Waals surface area contributed by atoms with E-state index in [-0.39, 0.29) is 5.91 Å². The van der Waals surface area contributed by atoms with Crippen LogP contribution in [0.15, 0.2) is 24.4 Å². The summed E-state index contributed by atoms with van der Waals surface area (Å²) in [6.45, 7) is 0. The molecule has 0 unspecified atom stereocenters. The van der Waals surface area contributed by atoms with E-state index in [1.807, 2.05) is 0 Å². The number of hydrogen-bond donors (Lipinski definition) is 2. The Morgan fingerprint density at radius 1 is 1.19 bits per heavy atom. The Kier molecular flexibility index (Phi) is 4.78. The zero-order chi connectivity index (χ0) is 18.1. The predicted molar refractivity (Wildman–Crippen MR) is 107 cm³/mol. The van der Waals surface area contributed by atoms with Crippen LogP contribution in [-0.4, -0.2) is 15.9 Å². The maximum absolute atomic E-state index is 12.6. The molecule has 0 aromatic carbocycles. The van der Waals surface area contributed by atoms with Crippen molar-refractivity contribution in [3.63, 3.8) is 0 Å². The van der Waals surface area contributed by atoms with Gasteiger partial charge in [0.05, 0.1) is 10.7 Å². The number of nitrogens with two attached hydrogens (primary N) is 1. The highest BCUT2D eigenvalue weighted by Gasteiger charge is 2.20. The van der Waals surface area contributed by atoms with E-state index in [2.05, 4.69) is 16.4 Å². The molecule has 0 aliphatic heterocycles. The molecule has 0 spiro atoms. The molecule has 0 radical (unpaired) electrons. The molecule has 3 aromatic rings. The van der Waals surface area contributed by atoms with Gasteiger partial charge < -0.3 is 11.1 Å². The van der Waals surface area contributed by atoms with Crippen LogP contribution in [0.4, 0.5) is 11.5 Å². The molecular formula is C19H19ClN4OS. The number of hydrogen-bond acceptors (Lipinski definition) is 5. The summed E-state index contributed by atoms with van der Waals surface area (Å²) < 4.78 is 0. The molecule has 26 heavy (non-hydrogen) atoms. The predicted octanol–water partition coefficient (Wildman–Crippen LogP) is 4.84. The molecule has 7 heteroatoms. The molecular weight excluding hydrogens is 368 g/mol. The standard InChI is InChI=1S/C19H19ClN4OS/c20-12-7-8-15(22-10-12)24-18(25)17-16(21)13-9-11-5-3-1-2-4-6-14(11)23-19(13)26-17/h7-10H,1-6,21H2,(H,22,24,25). The van der Waals surface area contributed by atoms with Gasteiger partial charge in [-0.25, -0.2) is 9.97 Å². The first kappa shape index (κ1) is 17.2. The van der Waals surface area contributed by atoms with Crippen molar-refractivity contribution in [1.82, 2.24) is 9.97 Å². The van der Waals surface area contributed by atoms with Crippen LogP contribution in [-0.2, 0) is 12.8 Å². The minimum Gasteiger partial charge on any atom is -0.397 e. The number of halogens is 1. The van der Waals surface area contributed by atoms with Crippen molar-refractivity contribution in [3.8, 4) is 0 Å². The molecule has 5 nitrogen and oxygen atoms in total. The van der Waals surface area contributed by atoms with Crippen LogP contribution in [0.2, 0.25) is 5.02 Å². The fraction of sp³-hybridized carbons (Fsp3) is 0.316. The first-order chi connectivity index (χ1) is 12.6. The number of pyridine rings is 2. The number of carbonyl (C=O) groups excluding carboxylic acids is 1. The van der Waals surface area contributed by atoms with E-state index < -0.39 is 0 Å². The summed E-state index contributed by atoms with van der Waals surface area (Å²) in [4.78, 5) is 22.9. The van der Waals surface area contributed by atoms with Crippen LogP contribution in [0.25, 0.3) is 10.2 Å². The Morgan fingerprint density at radius 2 is 2.00 bits per heavy atom. The first-order valence-electron chi connectivity index (χ1n) is 8.75. The Labute approximate surface area is 160 Å². The van der Waals surface area contributed by atoms with Crippen LogP contribution in [0.3, 0.4) is 0 Å². The number of nitrogens with one attached hydrogen (secondary N) is 1. The van der Waals surface area contributed by atoms with Gasteiger partial charge in [0.1, 0.15) is 15.5 Å². The second-order valence-corrected chi connectivity index (χ2v) is 7.96. The van der Waals surface area contributed by atoms with Crippen LogP contribution in [0.5, 0.6) is 0 Å². The minimum atomic E-state index is -0.271. The Hall–Kier alpha value is -2.18. The number of carbonyl (C=O) groups is 1. The number of amides is 1. The maximum Gasteiger partial charge on any atom is 0.269 e. The second kappa shape index (κ2) is 7.21. The van der Waals surface area contributed by atoms with E-state index in [1.54, 1.807) is 12.1 Å². The van der Waals surface area contributed by atoms with Crippen molar-refractivity contribution in [2.24, 2.45) is 0 Å². The fourth-order valence-corrected chi connectivity index (χ4v) is 4.41. The minimum absolute atomic E-state index is 0.271. The van der Waals surface area contributed by atoms with Crippen molar-refractivity contribution < 1.29 is 4.79 Å². The summed E-state index contributed by atoms with van der Waals surface area (Å²) in [5, 5.41) is 4.17. The third-order valence-corrected chi connectivity index (χ3v) is 6.01. The summed E-state index contributed by atoms with van der Waals surface area (Å²) in [5.41, 5.74) is 9.21. The lowest BCUT2D eigenvalue weighted by atomic mass is 9.96. The monoisotopic (exact) mass is 386 g/mol. The summed E-state index contributed by atoms with van der Waals surface area (Å²) in [6.07, 6.45) is 8.39. The van der Waals surface area contributed by atoms with Gasteiger partial charge in [-0.2, -0.15) is 0 Å².